The van der Waals surface area contributed by atoms with Gasteiger partial charge in [0.05, 0.1) is 5.56 Å². The fourth-order valence-electron chi connectivity index (χ4n) is 1.66. The highest BCUT2D eigenvalue weighted by Gasteiger charge is 2.35. The number of carbonyl (C=O) groups is 1. The SMILES string of the molecule is NC(=O)c1ccc(Oc2ccc(N)cc2)c(C(F)(F)F)c1. The first kappa shape index (κ1) is 14.7. The lowest BCUT2D eigenvalue weighted by Gasteiger charge is -2.14. The highest BCUT2D eigenvalue weighted by Crippen LogP contribution is 2.38. The van der Waals surface area contributed by atoms with E-state index in [2.05, 4.69) is 0 Å². The number of benzene rings is 2. The van der Waals surface area contributed by atoms with Crippen molar-refractivity contribution in [3.05, 3.63) is 53.6 Å². The largest absolute Gasteiger partial charge is 0.457 e. The van der Waals surface area contributed by atoms with Crippen LogP contribution in [-0.4, -0.2) is 5.91 Å². The topological polar surface area (TPSA) is 78.3 Å². The van der Waals surface area contributed by atoms with E-state index in [9.17, 15) is 18.0 Å². The van der Waals surface area contributed by atoms with Crippen LogP contribution in [0, 0.1) is 0 Å². The van der Waals surface area contributed by atoms with E-state index in [1.54, 1.807) is 0 Å². The van der Waals surface area contributed by atoms with E-state index in [-0.39, 0.29) is 11.3 Å². The van der Waals surface area contributed by atoms with Gasteiger partial charge in [0.15, 0.2) is 0 Å². The van der Waals surface area contributed by atoms with Gasteiger partial charge in [0.1, 0.15) is 11.5 Å². The van der Waals surface area contributed by atoms with Crippen molar-refractivity contribution < 1.29 is 22.7 Å². The molecule has 7 heteroatoms. The Morgan fingerprint density at radius 2 is 1.67 bits per heavy atom. The summed E-state index contributed by atoms with van der Waals surface area (Å²) in [6.07, 6.45) is -4.67. The number of amides is 1. The highest BCUT2D eigenvalue weighted by atomic mass is 19.4. The Kier molecular flexibility index (Phi) is 3.75. The zero-order valence-corrected chi connectivity index (χ0v) is 10.6. The monoisotopic (exact) mass is 296 g/mol. The van der Waals surface area contributed by atoms with Crippen LogP contribution < -0.4 is 16.2 Å². The van der Waals surface area contributed by atoms with Crippen molar-refractivity contribution in [2.75, 3.05) is 5.73 Å². The van der Waals surface area contributed by atoms with E-state index in [0.717, 1.165) is 6.07 Å². The van der Waals surface area contributed by atoms with Gasteiger partial charge in [-0.2, -0.15) is 13.2 Å². The van der Waals surface area contributed by atoms with Crippen molar-refractivity contribution in [1.82, 2.24) is 0 Å². The summed E-state index contributed by atoms with van der Waals surface area (Å²) in [5.74, 6) is -1.17. The Bertz CT molecular complexity index is 667. The van der Waals surface area contributed by atoms with Crippen molar-refractivity contribution in [1.29, 1.82) is 0 Å². The number of carbonyl (C=O) groups excluding carboxylic acids is 1. The molecule has 2 rings (SSSR count). The molecular weight excluding hydrogens is 285 g/mol. The van der Waals surface area contributed by atoms with Gasteiger partial charge in [0, 0.05) is 11.3 Å². The molecule has 0 fully saturated rings. The summed E-state index contributed by atoms with van der Waals surface area (Å²) in [7, 11) is 0. The number of halogens is 3. The Morgan fingerprint density at radius 1 is 1.05 bits per heavy atom. The molecule has 0 saturated carbocycles. The summed E-state index contributed by atoms with van der Waals surface area (Å²) in [6, 6.07) is 8.77. The Hall–Kier alpha value is -2.70. The van der Waals surface area contributed by atoms with E-state index >= 15 is 0 Å². The number of primary amides is 1. The second kappa shape index (κ2) is 5.35. The first-order valence-corrected chi connectivity index (χ1v) is 5.82. The molecular formula is C14H11F3N2O2. The van der Waals surface area contributed by atoms with E-state index in [1.807, 2.05) is 0 Å². The number of alkyl halides is 3. The molecule has 0 aliphatic heterocycles. The second-order valence-corrected chi connectivity index (χ2v) is 4.24. The van der Waals surface area contributed by atoms with Crippen molar-refractivity contribution in [2.24, 2.45) is 5.73 Å². The van der Waals surface area contributed by atoms with Crippen LogP contribution in [0.4, 0.5) is 18.9 Å². The van der Waals surface area contributed by atoms with Gasteiger partial charge in [-0.3, -0.25) is 4.79 Å². The summed E-state index contributed by atoms with van der Waals surface area (Å²) < 4.78 is 44.2. The normalized spacial score (nSPS) is 11.2. The standard InChI is InChI=1S/C14H11F3N2O2/c15-14(16,17)11-7-8(13(19)20)1-6-12(11)21-10-4-2-9(18)3-5-10/h1-7H,18H2,(H2,19,20). The first-order chi connectivity index (χ1) is 9.77. The summed E-state index contributed by atoms with van der Waals surface area (Å²) in [5.41, 5.74) is 9.61. The average Bonchev–Trinajstić information content (AvgIpc) is 2.40. The van der Waals surface area contributed by atoms with Gasteiger partial charge in [-0.15, -0.1) is 0 Å². The highest BCUT2D eigenvalue weighted by molar-refractivity contribution is 5.93. The smallest absolute Gasteiger partial charge is 0.420 e. The molecule has 2 aromatic carbocycles. The Morgan fingerprint density at radius 3 is 2.19 bits per heavy atom. The predicted octanol–water partition coefficient (Wildman–Crippen LogP) is 3.18. The number of anilines is 1. The summed E-state index contributed by atoms with van der Waals surface area (Å²) in [4.78, 5) is 11.0. The third-order valence-electron chi connectivity index (χ3n) is 2.68. The van der Waals surface area contributed by atoms with Gasteiger partial charge in [-0.25, -0.2) is 0 Å². The summed E-state index contributed by atoms with van der Waals surface area (Å²) in [5, 5.41) is 0. The molecule has 21 heavy (non-hydrogen) atoms. The number of nitrogen functional groups attached to an aromatic ring is 1. The van der Waals surface area contributed by atoms with Crippen molar-refractivity contribution >= 4 is 11.6 Å². The molecule has 4 nitrogen and oxygen atoms in total. The van der Waals surface area contributed by atoms with E-state index < -0.39 is 23.4 Å². The molecule has 1 amide bonds. The molecule has 0 saturated heterocycles. The van der Waals surface area contributed by atoms with Crippen LogP contribution in [0.1, 0.15) is 15.9 Å². The number of rotatable bonds is 3. The van der Waals surface area contributed by atoms with Crippen molar-refractivity contribution in [3.8, 4) is 11.5 Å². The number of hydrogen-bond acceptors (Lipinski definition) is 3. The molecule has 0 aliphatic carbocycles. The predicted molar refractivity (Wildman–Crippen MR) is 70.9 cm³/mol. The van der Waals surface area contributed by atoms with Gasteiger partial charge in [-0.1, -0.05) is 0 Å². The van der Waals surface area contributed by atoms with Crippen LogP contribution in [-0.2, 0) is 6.18 Å². The van der Waals surface area contributed by atoms with Crippen LogP contribution in [0.5, 0.6) is 11.5 Å². The third-order valence-corrected chi connectivity index (χ3v) is 2.68. The molecule has 0 aliphatic rings. The van der Waals surface area contributed by atoms with Gasteiger partial charge < -0.3 is 16.2 Å². The van der Waals surface area contributed by atoms with E-state index in [4.69, 9.17) is 16.2 Å². The first-order valence-electron chi connectivity index (χ1n) is 5.82. The molecule has 0 heterocycles. The minimum absolute atomic E-state index is 0.196. The summed E-state index contributed by atoms with van der Waals surface area (Å²) in [6.45, 7) is 0. The zero-order chi connectivity index (χ0) is 15.6. The fourth-order valence-corrected chi connectivity index (χ4v) is 1.66. The molecule has 0 spiro atoms. The van der Waals surface area contributed by atoms with Gasteiger partial charge in [0.2, 0.25) is 5.91 Å². The Balaban J connectivity index is 2.43. The maximum absolute atomic E-state index is 13.0. The van der Waals surface area contributed by atoms with Crippen molar-refractivity contribution in [2.45, 2.75) is 6.18 Å². The van der Waals surface area contributed by atoms with Crippen LogP contribution in [0.2, 0.25) is 0 Å². The van der Waals surface area contributed by atoms with Crippen LogP contribution >= 0.6 is 0 Å². The number of ether oxygens (including phenoxy) is 1. The van der Waals surface area contributed by atoms with Crippen LogP contribution in [0.15, 0.2) is 42.5 Å². The number of nitrogens with two attached hydrogens (primary N) is 2. The zero-order valence-electron chi connectivity index (χ0n) is 10.6. The van der Waals surface area contributed by atoms with E-state index in [0.29, 0.717) is 11.8 Å². The van der Waals surface area contributed by atoms with E-state index in [1.165, 1.54) is 30.3 Å². The molecule has 4 N–H and O–H groups in total. The minimum Gasteiger partial charge on any atom is -0.457 e. The summed E-state index contributed by atoms with van der Waals surface area (Å²) >= 11 is 0. The van der Waals surface area contributed by atoms with Gasteiger partial charge >= 0.3 is 6.18 Å². The maximum Gasteiger partial charge on any atom is 0.420 e. The van der Waals surface area contributed by atoms with Crippen LogP contribution in [0.3, 0.4) is 0 Å². The number of hydrogen-bond donors (Lipinski definition) is 2. The quantitative estimate of drug-likeness (QED) is 0.854. The second-order valence-electron chi connectivity index (χ2n) is 4.24. The molecule has 0 unspecified atom stereocenters. The molecule has 0 bridgehead atoms. The third kappa shape index (κ3) is 3.44. The molecule has 110 valence electrons. The lowest BCUT2D eigenvalue weighted by molar-refractivity contribution is -0.138. The molecule has 0 atom stereocenters. The lowest BCUT2D eigenvalue weighted by atomic mass is 10.1. The van der Waals surface area contributed by atoms with Crippen molar-refractivity contribution in [3.63, 3.8) is 0 Å². The molecule has 0 radical (unpaired) electrons. The Labute approximate surface area is 118 Å². The molecule has 0 aromatic heterocycles. The lowest BCUT2D eigenvalue weighted by Crippen LogP contribution is -2.14. The maximum atomic E-state index is 13.0. The van der Waals surface area contributed by atoms with Crippen LogP contribution in [0.25, 0.3) is 0 Å². The van der Waals surface area contributed by atoms with Gasteiger partial charge in [-0.05, 0) is 42.5 Å². The fraction of sp³-hybridized carbons (Fsp3) is 0.0714. The van der Waals surface area contributed by atoms with Gasteiger partial charge in [0.25, 0.3) is 0 Å². The minimum atomic E-state index is -4.67. The average molecular weight is 296 g/mol. The molecule has 2 aromatic rings.